The van der Waals surface area contributed by atoms with Gasteiger partial charge in [0.05, 0.1) is 16.1 Å². The Bertz CT molecular complexity index is 783. The highest BCUT2D eigenvalue weighted by molar-refractivity contribution is 9.10. The van der Waals surface area contributed by atoms with Gasteiger partial charge in [-0.3, -0.25) is 4.79 Å². The molecule has 0 aliphatic carbocycles. The summed E-state index contributed by atoms with van der Waals surface area (Å²) in [6, 6.07) is 3.19. The zero-order valence-corrected chi connectivity index (χ0v) is 13.3. The predicted molar refractivity (Wildman–Crippen MR) is 77.5 cm³/mol. The largest absolute Gasteiger partial charge is 0.619 e. The molecule has 2 rings (SSSR count). The first-order chi connectivity index (χ1) is 10.6. The van der Waals surface area contributed by atoms with Gasteiger partial charge in [-0.1, -0.05) is 11.6 Å². The van der Waals surface area contributed by atoms with Crippen molar-refractivity contribution < 1.29 is 27.1 Å². The summed E-state index contributed by atoms with van der Waals surface area (Å²) in [5, 5.41) is 12.1. The van der Waals surface area contributed by atoms with Crippen LogP contribution < -0.4 is 10.0 Å². The highest BCUT2D eigenvalue weighted by atomic mass is 79.9. The van der Waals surface area contributed by atoms with Crippen LogP contribution in [0, 0.1) is 11.0 Å². The molecule has 122 valence electrons. The van der Waals surface area contributed by atoms with Crippen LogP contribution in [0.5, 0.6) is 0 Å². The molecule has 0 fully saturated rings. The minimum atomic E-state index is -4.87. The van der Waals surface area contributed by atoms with E-state index in [9.17, 15) is 27.6 Å². The number of amides is 1. The van der Waals surface area contributed by atoms with E-state index in [2.05, 4.69) is 21.2 Å². The molecule has 1 N–H and O–H groups in total. The number of benzene rings is 1. The van der Waals surface area contributed by atoms with Crippen molar-refractivity contribution in [2.75, 3.05) is 5.32 Å². The average molecular weight is 414 g/mol. The highest BCUT2D eigenvalue weighted by Crippen LogP contribution is 2.39. The van der Waals surface area contributed by atoms with Gasteiger partial charge in [-0.05, 0) is 28.1 Å². The number of rotatable bonds is 2. The molecule has 2 aromatic rings. The fraction of sp³-hybridized carbons (Fsp3) is 0.0769. The van der Waals surface area contributed by atoms with Crippen LogP contribution in [0.3, 0.4) is 0 Å². The normalized spacial score (nSPS) is 11.4. The van der Waals surface area contributed by atoms with Gasteiger partial charge in [-0.15, -0.1) is 0 Å². The summed E-state index contributed by atoms with van der Waals surface area (Å²) in [6.07, 6.45) is -2.72. The minimum Gasteiger partial charge on any atom is -0.619 e. The van der Waals surface area contributed by atoms with E-state index in [1.54, 1.807) is 0 Å². The van der Waals surface area contributed by atoms with Crippen LogP contribution in [0.2, 0.25) is 5.02 Å². The van der Waals surface area contributed by atoms with E-state index in [1.165, 1.54) is 12.1 Å². The van der Waals surface area contributed by atoms with E-state index in [0.29, 0.717) is 10.8 Å². The average Bonchev–Trinajstić information content (AvgIpc) is 2.41. The molecule has 1 amide bonds. The lowest BCUT2D eigenvalue weighted by Crippen LogP contribution is -2.26. The van der Waals surface area contributed by atoms with Crippen molar-refractivity contribution in [3.05, 3.63) is 62.2 Å². The van der Waals surface area contributed by atoms with Gasteiger partial charge in [-0.2, -0.15) is 17.9 Å². The van der Waals surface area contributed by atoms with Crippen molar-refractivity contribution in [1.29, 1.82) is 0 Å². The first kappa shape index (κ1) is 17.5. The van der Waals surface area contributed by atoms with Gasteiger partial charge >= 0.3 is 6.18 Å². The molecule has 0 unspecified atom stereocenters. The lowest BCUT2D eigenvalue weighted by Gasteiger charge is -2.14. The lowest BCUT2D eigenvalue weighted by molar-refractivity contribution is -0.604. The van der Waals surface area contributed by atoms with E-state index in [4.69, 9.17) is 11.6 Å². The molecule has 0 radical (unpaired) electrons. The molecule has 0 saturated carbocycles. The molecule has 1 heterocycles. The van der Waals surface area contributed by atoms with Crippen molar-refractivity contribution in [2.45, 2.75) is 6.18 Å². The van der Waals surface area contributed by atoms with Crippen LogP contribution >= 0.6 is 27.5 Å². The monoisotopic (exact) mass is 412 g/mol. The van der Waals surface area contributed by atoms with Crippen LogP contribution in [-0.4, -0.2) is 5.91 Å². The summed E-state index contributed by atoms with van der Waals surface area (Å²) in [4.78, 5) is 12.0. The van der Waals surface area contributed by atoms with Crippen molar-refractivity contribution in [2.24, 2.45) is 0 Å². The second-order valence-corrected chi connectivity index (χ2v) is 5.55. The number of carbonyl (C=O) groups excluding carboxylic acids is 1. The summed E-state index contributed by atoms with van der Waals surface area (Å²) < 4.78 is 52.2. The topological polar surface area (TPSA) is 56.0 Å². The van der Waals surface area contributed by atoms with E-state index in [1.807, 2.05) is 0 Å². The predicted octanol–water partition coefficient (Wildman–Crippen LogP) is 4.15. The molecule has 4 nitrogen and oxygen atoms in total. The third-order valence-electron chi connectivity index (χ3n) is 2.72. The number of hydrogen-bond acceptors (Lipinski definition) is 2. The fourth-order valence-electron chi connectivity index (χ4n) is 1.73. The molecule has 0 atom stereocenters. The number of pyridine rings is 1. The van der Waals surface area contributed by atoms with Crippen LogP contribution in [0.4, 0.5) is 23.2 Å². The van der Waals surface area contributed by atoms with Gasteiger partial charge in [0.25, 0.3) is 5.91 Å². The van der Waals surface area contributed by atoms with Gasteiger partial charge in [-0.25, -0.2) is 4.39 Å². The number of alkyl halides is 3. The maximum atomic E-state index is 14.1. The maximum Gasteiger partial charge on any atom is 0.417 e. The van der Waals surface area contributed by atoms with Crippen LogP contribution in [0.25, 0.3) is 0 Å². The van der Waals surface area contributed by atoms with Gasteiger partial charge in [0, 0.05) is 10.5 Å². The Labute approximate surface area is 140 Å². The van der Waals surface area contributed by atoms with Crippen molar-refractivity contribution in [1.82, 2.24) is 0 Å². The van der Waals surface area contributed by atoms with Crippen molar-refractivity contribution >= 4 is 39.1 Å². The number of halogens is 6. The van der Waals surface area contributed by atoms with Crippen LogP contribution in [-0.2, 0) is 6.18 Å². The quantitative estimate of drug-likeness (QED) is 0.348. The van der Waals surface area contributed by atoms with E-state index < -0.39 is 38.5 Å². The SMILES string of the molecule is O=C(Nc1ccc[n+]([O-])c1)c1c(Br)cc(C(F)(F)F)c(Cl)c1F. The standard InChI is InChI=1S/C13H6BrClF4N2O2/c14-8-4-7(13(17,18)19)10(15)11(16)9(8)12(22)20-6-2-1-3-21(23)5-6/h1-5H,(H,20,22). The summed E-state index contributed by atoms with van der Waals surface area (Å²) in [6.45, 7) is 0. The first-order valence-electron chi connectivity index (χ1n) is 5.86. The zero-order valence-electron chi connectivity index (χ0n) is 10.9. The smallest absolute Gasteiger partial charge is 0.417 e. The van der Waals surface area contributed by atoms with E-state index in [0.717, 1.165) is 12.4 Å². The Morgan fingerprint density at radius 3 is 2.61 bits per heavy atom. The fourth-order valence-corrected chi connectivity index (χ4v) is 2.57. The zero-order chi connectivity index (χ0) is 17.4. The molecular formula is C13H6BrClF4N2O2. The first-order valence-corrected chi connectivity index (χ1v) is 7.03. The lowest BCUT2D eigenvalue weighted by atomic mass is 10.1. The van der Waals surface area contributed by atoms with Gasteiger partial charge < -0.3 is 10.5 Å². The molecule has 0 aliphatic heterocycles. The molecule has 0 spiro atoms. The van der Waals surface area contributed by atoms with Gasteiger partial charge in [0.2, 0.25) is 6.20 Å². The number of nitrogens with zero attached hydrogens (tertiary/aromatic N) is 1. The molecular weight excluding hydrogens is 408 g/mol. The van der Waals surface area contributed by atoms with Crippen LogP contribution in [0.15, 0.2) is 35.1 Å². The van der Waals surface area contributed by atoms with Crippen LogP contribution in [0.1, 0.15) is 15.9 Å². The van der Waals surface area contributed by atoms with Crippen molar-refractivity contribution in [3.63, 3.8) is 0 Å². The maximum absolute atomic E-state index is 14.1. The van der Waals surface area contributed by atoms with Gasteiger partial charge in [0.15, 0.2) is 12.0 Å². The van der Waals surface area contributed by atoms with E-state index >= 15 is 0 Å². The number of carbonyl (C=O) groups is 1. The Morgan fingerprint density at radius 2 is 2.04 bits per heavy atom. The summed E-state index contributed by atoms with van der Waals surface area (Å²) in [5.41, 5.74) is -2.07. The molecule has 1 aromatic heterocycles. The highest BCUT2D eigenvalue weighted by Gasteiger charge is 2.37. The Morgan fingerprint density at radius 1 is 1.39 bits per heavy atom. The Balaban J connectivity index is 2.44. The molecule has 10 heteroatoms. The summed E-state index contributed by atoms with van der Waals surface area (Å²) in [5.74, 6) is -2.58. The van der Waals surface area contributed by atoms with E-state index in [-0.39, 0.29) is 5.69 Å². The molecule has 0 bridgehead atoms. The number of aromatic nitrogens is 1. The second-order valence-electron chi connectivity index (χ2n) is 4.31. The molecule has 23 heavy (non-hydrogen) atoms. The number of nitrogens with one attached hydrogen (secondary N) is 1. The Kier molecular flexibility index (Phi) is 4.81. The molecule has 0 saturated heterocycles. The third kappa shape index (κ3) is 3.73. The second kappa shape index (κ2) is 6.32. The summed E-state index contributed by atoms with van der Waals surface area (Å²) >= 11 is 8.10. The third-order valence-corrected chi connectivity index (χ3v) is 3.72. The van der Waals surface area contributed by atoms with Crippen molar-refractivity contribution in [3.8, 4) is 0 Å². The molecule has 1 aromatic carbocycles. The minimum absolute atomic E-state index is 0.0369. The number of hydrogen-bond donors (Lipinski definition) is 1. The number of anilines is 1. The van der Waals surface area contributed by atoms with Gasteiger partial charge in [0.1, 0.15) is 5.69 Å². The Hall–Kier alpha value is -1.87. The summed E-state index contributed by atoms with van der Waals surface area (Å²) in [7, 11) is 0. The molecule has 0 aliphatic rings.